The molecule has 0 heterocycles. The number of carbonyl (C=O) groups is 1. The predicted octanol–water partition coefficient (Wildman–Crippen LogP) is 5.13. The molecule has 1 aromatic rings. The van der Waals surface area contributed by atoms with E-state index in [1.807, 2.05) is 6.92 Å². The zero-order valence-corrected chi connectivity index (χ0v) is 14.9. The van der Waals surface area contributed by atoms with E-state index >= 15 is 0 Å². The maximum absolute atomic E-state index is 14.4. The molecule has 0 saturated carbocycles. The third-order valence-electron chi connectivity index (χ3n) is 3.78. The largest absolute Gasteiger partial charge is 0.497 e. The number of esters is 1. The molecule has 0 fully saturated rings. The molecular formula is C19H21F3O3. The van der Waals surface area contributed by atoms with Crippen molar-refractivity contribution in [2.45, 2.75) is 27.2 Å². The average molecular weight is 354 g/mol. The van der Waals surface area contributed by atoms with E-state index in [9.17, 15) is 18.0 Å². The molecule has 0 aromatic heterocycles. The van der Waals surface area contributed by atoms with Crippen LogP contribution in [0.3, 0.4) is 0 Å². The van der Waals surface area contributed by atoms with Gasteiger partial charge in [-0.05, 0) is 38.0 Å². The number of hydrogen-bond acceptors (Lipinski definition) is 3. The van der Waals surface area contributed by atoms with Crippen LogP contribution < -0.4 is 4.74 Å². The molecular weight excluding hydrogens is 333 g/mol. The second kappa shape index (κ2) is 9.11. The average Bonchev–Trinajstić information content (AvgIpc) is 2.59. The van der Waals surface area contributed by atoms with Gasteiger partial charge in [0, 0.05) is 12.1 Å². The van der Waals surface area contributed by atoms with Crippen molar-refractivity contribution in [3.05, 3.63) is 58.5 Å². The highest BCUT2D eigenvalue weighted by molar-refractivity contribution is 5.92. The van der Waals surface area contributed by atoms with Gasteiger partial charge < -0.3 is 9.47 Å². The fraction of sp³-hybridized carbons (Fsp3) is 0.316. The maximum Gasteiger partial charge on any atom is 0.337 e. The Morgan fingerprint density at radius 3 is 2.12 bits per heavy atom. The highest BCUT2D eigenvalue weighted by Crippen LogP contribution is 2.29. The summed E-state index contributed by atoms with van der Waals surface area (Å²) < 4.78 is 51.9. The molecule has 0 radical (unpaired) electrons. The first kappa shape index (κ1) is 20.5. The monoisotopic (exact) mass is 354 g/mol. The highest BCUT2D eigenvalue weighted by Gasteiger charge is 2.16. The van der Waals surface area contributed by atoms with Gasteiger partial charge in [0.25, 0.3) is 0 Å². The van der Waals surface area contributed by atoms with E-state index in [1.165, 1.54) is 27.2 Å². The molecule has 0 aliphatic rings. The van der Waals surface area contributed by atoms with E-state index in [0.29, 0.717) is 12.0 Å². The normalized spacial score (nSPS) is 13.4. The van der Waals surface area contributed by atoms with E-state index in [-0.39, 0.29) is 16.9 Å². The molecule has 0 saturated heterocycles. The minimum absolute atomic E-state index is 0.00279. The molecule has 1 rings (SSSR count). The first-order valence-electron chi connectivity index (χ1n) is 7.62. The van der Waals surface area contributed by atoms with Gasteiger partial charge >= 0.3 is 5.97 Å². The Morgan fingerprint density at radius 2 is 1.68 bits per heavy atom. The van der Waals surface area contributed by atoms with Crippen molar-refractivity contribution in [1.82, 2.24) is 0 Å². The van der Waals surface area contributed by atoms with Gasteiger partial charge in [-0.25, -0.2) is 18.0 Å². The third kappa shape index (κ3) is 4.98. The summed E-state index contributed by atoms with van der Waals surface area (Å²) in [4.78, 5) is 11.7. The van der Waals surface area contributed by atoms with Gasteiger partial charge in [-0.2, -0.15) is 0 Å². The predicted molar refractivity (Wildman–Crippen MR) is 90.8 cm³/mol. The van der Waals surface area contributed by atoms with Crippen molar-refractivity contribution in [3.63, 3.8) is 0 Å². The van der Waals surface area contributed by atoms with Gasteiger partial charge in [0.2, 0.25) is 0 Å². The first-order chi connectivity index (χ1) is 11.8. The van der Waals surface area contributed by atoms with E-state index in [2.05, 4.69) is 4.74 Å². The summed E-state index contributed by atoms with van der Waals surface area (Å²) >= 11 is 0. The Bertz CT molecular complexity index is 723. The molecule has 0 amide bonds. The van der Waals surface area contributed by atoms with Crippen LogP contribution in [-0.2, 0) is 9.53 Å². The molecule has 0 unspecified atom stereocenters. The first-order valence-corrected chi connectivity index (χ1v) is 7.62. The van der Waals surface area contributed by atoms with Crippen molar-refractivity contribution in [3.8, 4) is 5.75 Å². The quantitative estimate of drug-likeness (QED) is 0.404. The van der Waals surface area contributed by atoms with Crippen LogP contribution in [-0.4, -0.2) is 20.2 Å². The van der Waals surface area contributed by atoms with Crippen molar-refractivity contribution in [2.75, 3.05) is 14.2 Å². The summed E-state index contributed by atoms with van der Waals surface area (Å²) in [5.74, 6) is -3.36. The van der Waals surface area contributed by atoms with Crippen LogP contribution in [0.4, 0.5) is 13.2 Å². The fourth-order valence-electron chi connectivity index (χ4n) is 2.11. The molecule has 6 heteroatoms. The number of halogens is 3. The van der Waals surface area contributed by atoms with Gasteiger partial charge in [-0.15, -0.1) is 0 Å². The zero-order valence-electron chi connectivity index (χ0n) is 14.9. The number of allylic oxidation sites excluding steroid dienone is 4. The minimum Gasteiger partial charge on any atom is -0.497 e. The molecule has 0 spiro atoms. The van der Waals surface area contributed by atoms with Gasteiger partial charge in [-0.1, -0.05) is 12.5 Å². The highest BCUT2D eigenvalue weighted by atomic mass is 19.1. The van der Waals surface area contributed by atoms with Crippen LogP contribution in [0.15, 0.2) is 41.3 Å². The molecule has 3 nitrogen and oxygen atoms in total. The van der Waals surface area contributed by atoms with E-state index in [4.69, 9.17) is 4.74 Å². The summed E-state index contributed by atoms with van der Waals surface area (Å²) in [6.45, 7) is 4.81. The maximum atomic E-state index is 14.4. The summed E-state index contributed by atoms with van der Waals surface area (Å²) in [6.07, 6.45) is 2.80. The van der Waals surface area contributed by atoms with Gasteiger partial charge in [0.05, 0.1) is 25.4 Å². The topological polar surface area (TPSA) is 35.5 Å². The lowest BCUT2D eigenvalue weighted by Gasteiger charge is -2.09. The molecule has 0 bridgehead atoms. The van der Waals surface area contributed by atoms with Crippen molar-refractivity contribution >= 4 is 11.5 Å². The van der Waals surface area contributed by atoms with Crippen LogP contribution in [0.2, 0.25) is 0 Å². The summed E-state index contributed by atoms with van der Waals surface area (Å²) in [5.41, 5.74) is 0.185. The number of hydrogen-bond donors (Lipinski definition) is 0. The number of rotatable bonds is 6. The Hall–Kier alpha value is -2.50. The lowest BCUT2D eigenvalue weighted by molar-refractivity contribution is -0.135. The number of benzene rings is 1. The van der Waals surface area contributed by atoms with Gasteiger partial charge in [0.1, 0.15) is 23.2 Å². The molecule has 0 aliphatic heterocycles. The van der Waals surface area contributed by atoms with Crippen LogP contribution in [0, 0.1) is 11.6 Å². The molecule has 0 aliphatic carbocycles. The summed E-state index contributed by atoms with van der Waals surface area (Å²) in [6, 6.07) is 1.94. The minimum atomic E-state index is -0.939. The summed E-state index contributed by atoms with van der Waals surface area (Å²) in [7, 11) is 2.50. The molecule has 1 aromatic carbocycles. The summed E-state index contributed by atoms with van der Waals surface area (Å²) in [5, 5.41) is 0. The van der Waals surface area contributed by atoms with E-state index in [1.54, 1.807) is 6.92 Å². The van der Waals surface area contributed by atoms with E-state index in [0.717, 1.165) is 18.2 Å². The Balaban J connectivity index is 3.33. The number of ether oxygens (including phenoxy) is 2. The van der Waals surface area contributed by atoms with Crippen LogP contribution in [0.25, 0.3) is 5.57 Å². The third-order valence-corrected chi connectivity index (χ3v) is 3.78. The fourth-order valence-corrected chi connectivity index (χ4v) is 2.11. The lowest BCUT2D eigenvalue weighted by Crippen LogP contribution is -2.05. The van der Waals surface area contributed by atoms with Gasteiger partial charge in [-0.3, -0.25) is 0 Å². The van der Waals surface area contributed by atoms with Crippen LogP contribution in [0.1, 0.15) is 32.8 Å². The van der Waals surface area contributed by atoms with Crippen molar-refractivity contribution < 1.29 is 27.4 Å². The Morgan fingerprint density at radius 1 is 1.12 bits per heavy atom. The standard InChI is InChI=1S/C19H21F3O3/c1-6-11(2)14(19(23)25-5)7-8-15(20)12(3)18-16(21)9-13(24-4)10-17(18)22/h7-10H,6H2,1-5H3. The second-order valence-corrected chi connectivity index (χ2v) is 5.31. The number of methoxy groups -OCH3 is 2. The van der Waals surface area contributed by atoms with Crippen molar-refractivity contribution in [1.29, 1.82) is 0 Å². The SMILES string of the molecule is CCC(C)=C(C=CC(F)=C(C)c1c(F)cc(OC)cc1F)C(=O)OC. The van der Waals surface area contributed by atoms with E-state index < -0.39 is 29.0 Å². The molecule has 0 N–H and O–H groups in total. The number of carbonyl (C=O) groups excluding carboxylic acids is 1. The smallest absolute Gasteiger partial charge is 0.337 e. The van der Waals surface area contributed by atoms with Crippen LogP contribution >= 0.6 is 0 Å². The van der Waals surface area contributed by atoms with Crippen molar-refractivity contribution in [2.24, 2.45) is 0 Å². The molecule has 25 heavy (non-hydrogen) atoms. The van der Waals surface area contributed by atoms with Crippen LogP contribution in [0.5, 0.6) is 5.75 Å². The molecule has 0 atom stereocenters. The lowest BCUT2D eigenvalue weighted by atomic mass is 10.0. The van der Waals surface area contributed by atoms with Gasteiger partial charge in [0.15, 0.2) is 0 Å². The Labute approximate surface area is 145 Å². The Kier molecular flexibility index (Phi) is 7.48. The zero-order chi connectivity index (χ0) is 19.1. The second-order valence-electron chi connectivity index (χ2n) is 5.31. The molecule has 136 valence electrons.